The van der Waals surface area contributed by atoms with Crippen molar-refractivity contribution in [2.45, 2.75) is 39.2 Å². The van der Waals surface area contributed by atoms with Gasteiger partial charge >= 0.3 is 5.97 Å². The summed E-state index contributed by atoms with van der Waals surface area (Å²) < 4.78 is 0. The van der Waals surface area contributed by atoms with E-state index in [1.165, 1.54) is 0 Å². The lowest BCUT2D eigenvalue weighted by atomic mass is 9.92. The number of rotatable bonds is 4. The summed E-state index contributed by atoms with van der Waals surface area (Å²) in [4.78, 5) is 13.2. The number of nitrogens with zero attached hydrogens (tertiary/aromatic N) is 1. The van der Waals surface area contributed by atoms with Gasteiger partial charge in [0.1, 0.15) is 6.04 Å². The van der Waals surface area contributed by atoms with Gasteiger partial charge in [-0.25, -0.2) is 0 Å². The van der Waals surface area contributed by atoms with E-state index in [0.717, 1.165) is 37.9 Å². The Morgan fingerprint density at radius 2 is 2.27 bits per heavy atom. The topological polar surface area (TPSA) is 40.5 Å². The second kappa shape index (κ2) is 5.31. The van der Waals surface area contributed by atoms with Gasteiger partial charge < -0.3 is 5.11 Å². The van der Waals surface area contributed by atoms with E-state index in [9.17, 15) is 4.79 Å². The minimum Gasteiger partial charge on any atom is -0.480 e. The summed E-state index contributed by atoms with van der Waals surface area (Å²) in [5.41, 5.74) is 1.12. The molecule has 2 atom stereocenters. The fourth-order valence-electron chi connectivity index (χ4n) is 2.04. The van der Waals surface area contributed by atoms with Crippen molar-refractivity contribution in [2.75, 3.05) is 13.1 Å². The van der Waals surface area contributed by atoms with E-state index in [2.05, 4.69) is 20.4 Å². The lowest BCUT2D eigenvalue weighted by molar-refractivity contribution is -0.145. The molecule has 3 nitrogen and oxygen atoms in total. The third-order valence-corrected chi connectivity index (χ3v) is 3.19. The molecule has 0 aromatic rings. The van der Waals surface area contributed by atoms with E-state index in [0.29, 0.717) is 5.92 Å². The van der Waals surface area contributed by atoms with Gasteiger partial charge in [0.05, 0.1) is 0 Å². The van der Waals surface area contributed by atoms with Crippen LogP contribution in [-0.4, -0.2) is 35.1 Å². The molecule has 1 fully saturated rings. The molecule has 0 bridgehead atoms. The molecule has 1 saturated heterocycles. The Morgan fingerprint density at radius 3 is 2.80 bits per heavy atom. The highest BCUT2D eigenvalue weighted by atomic mass is 16.4. The highest BCUT2D eigenvalue weighted by molar-refractivity contribution is 5.73. The number of aliphatic carboxylic acids is 1. The van der Waals surface area contributed by atoms with Crippen LogP contribution in [0.5, 0.6) is 0 Å². The summed E-state index contributed by atoms with van der Waals surface area (Å²) in [6, 6.07) is -0.308. The van der Waals surface area contributed by atoms with Gasteiger partial charge in [-0.05, 0) is 31.7 Å². The maximum Gasteiger partial charge on any atom is 0.320 e. The van der Waals surface area contributed by atoms with E-state index < -0.39 is 5.97 Å². The zero-order chi connectivity index (χ0) is 11.4. The predicted molar refractivity (Wildman–Crippen MR) is 60.8 cm³/mol. The summed E-state index contributed by atoms with van der Waals surface area (Å²) in [7, 11) is 0. The second-order valence-corrected chi connectivity index (χ2v) is 4.56. The van der Waals surface area contributed by atoms with Crippen molar-refractivity contribution >= 4 is 5.97 Å². The molecule has 1 rings (SSSR count). The number of likely N-dealkylation sites (tertiary alicyclic amines) is 1. The van der Waals surface area contributed by atoms with Crippen LogP contribution in [0.15, 0.2) is 12.2 Å². The van der Waals surface area contributed by atoms with Crippen molar-refractivity contribution in [3.63, 3.8) is 0 Å². The predicted octanol–water partition coefficient (Wildman–Crippen LogP) is 2.14. The Bertz CT molecular complexity index is 250. The molecule has 0 aromatic heterocycles. The molecule has 0 amide bonds. The van der Waals surface area contributed by atoms with Gasteiger partial charge in [0.25, 0.3) is 0 Å². The van der Waals surface area contributed by atoms with Crippen LogP contribution < -0.4 is 0 Å². The number of carboxylic acid groups (broad SMARTS) is 1. The van der Waals surface area contributed by atoms with Gasteiger partial charge in [-0.3, -0.25) is 9.69 Å². The molecule has 1 heterocycles. The minimum atomic E-state index is -0.689. The first-order valence-corrected chi connectivity index (χ1v) is 5.68. The van der Waals surface area contributed by atoms with E-state index in [1.54, 1.807) is 0 Å². The van der Waals surface area contributed by atoms with Gasteiger partial charge in [-0.1, -0.05) is 26.0 Å². The maximum atomic E-state index is 11.1. The Labute approximate surface area is 91.8 Å². The van der Waals surface area contributed by atoms with Crippen LogP contribution in [0.4, 0.5) is 0 Å². The number of carboxylic acids is 1. The first kappa shape index (κ1) is 12.2. The smallest absolute Gasteiger partial charge is 0.320 e. The molecular formula is C12H21NO2. The van der Waals surface area contributed by atoms with Crippen LogP contribution in [0.25, 0.3) is 0 Å². The van der Waals surface area contributed by atoms with Gasteiger partial charge in [-0.2, -0.15) is 0 Å². The fraction of sp³-hybridized carbons (Fsp3) is 0.750. The van der Waals surface area contributed by atoms with Crippen LogP contribution in [0, 0.1) is 5.92 Å². The van der Waals surface area contributed by atoms with Crippen LogP contribution >= 0.6 is 0 Å². The molecule has 0 aliphatic carbocycles. The number of hydrogen-bond donors (Lipinski definition) is 1. The molecule has 1 aliphatic heterocycles. The highest BCUT2D eigenvalue weighted by Gasteiger charge is 2.31. The van der Waals surface area contributed by atoms with Gasteiger partial charge in [0.15, 0.2) is 0 Å². The van der Waals surface area contributed by atoms with Crippen molar-refractivity contribution in [3.05, 3.63) is 12.2 Å². The zero-order valence-corrected chi connectivity index (χ0v) is 9.70. The summed E-state index contributed by atoms with van der Waals surface area (Å²) in [5.74, 6) is -0.164. The standard InChI is InChI=1S/C12H21NO2/c1-4-9(2)8-13-6-5-10(3)7-11(13)12(14)15/h10-11H,2,4-8H2,1,3H3,(H,14,15). The monoisotopic (exact) mass is 211 g/mol. The summed E-state index contributed by atoms with van der Waals surface area (Å²) in [6.07, 6.45) is 2.80. The molecule has 1 N–H and O–H groups in total. The Balaban J connectivity index is 2.60. The van der Waals surface area contributed by atoms with E-state index in [1.807, 2.05) is 4.90 Å². The molecule has 2 unspecified atom stereocenters. The highest BCUT2D eigenvalue weighted by Crippen LogP contribution is 2.23. The van der Waals surface area contributed by atoms with Crippen molar-refractivity contribution in [1.29, 1.82) is 0 Å². The molecule has 0 spiro atoms. The molecule has 1 aliphatic rings. The summed E-state index contributed by atoms with van der Waals surface area (Å²) >= 11 is 0. The summed E-state index contributed by atoms with van der Waals surface area (Å²) in [6.45, 7) is 9.75. The maximum absolute atomic E-state index is 11.1. The van der Waals surface area contributed by atoms with Crippen LogP contribution in [0.3, 0.4) is 0 Å². The third kappa shape index (κ3) is 3.34. The van der Waals surface area contributed by atoms with Crippen LogP contribution in [0.2, 0.25) is 0 Å². The third-order valence-electron chi connectivity index (χ3n) is 3.19. The van der Waals surface area contributed by atoms with Crippen molar-refractivity contribution < 1.29 is 9.90 Å². The molecule has 0 aromatic carbocycles. The van der Waals surface area contributed by atoms with E-state index in [-0.39, 0.29) is 6.04 Å². The molecule has 0 radical (unpaired) electrons. The minimum absolute atomic E-state index is 0.308. The lowest BCUT2D eigenvalue weighted by Gasteiger charge is -2.36. The number of hydrogen-bond acceptors (Lipinski definition) is 2. The van der Waals surface area contributed by atoms with Crippen molar-refractivity contribution in [3.8, 4) is 0 Å². The fourth-order valence-corrected chi connectivity index (χ4v) is 2.04. The van der Waals surface area contributed by atoms with Gasteiger partial charge in [0.2, 0.25) is 0 Å². The summed E-state index contributed by atoms with van der Waals surface area (Å²) in [5, 5.41) is 9.14. The normalized spacial score (nSPS) is 27.6. The van der Waals surface area contributed by atoms with Crippen LogP contribution in [-0.2, 0) is 4.79 Å². The first-order chi connectivity index (χ1) is 7.04. The van der Waals surface area contributed by atoms with Gasteiger partial charge in [-0.15, -0.1) is 0 Å². The zero-order valence-electron chi connectivity index (χ0n) is 9.70. The van der Waals surface area contributed by atoms with Crippen molar-refractivity contribution in [1.82, 2.24) is 4.90 Å². The average Bonchev–Trinajstić information content (AvgIpc) is 2.20. The van der Waals surface area contributed by atoms with E-state index in [4.69, 9.17) is 5.11 Å². The Morgan fingerprint density at radius 1 is 1.60 bits per heavy atom. The Hall–Kier alpha value is -0.830. The molecular weight excluding hydrogens is 190 g/mol. The second-order valence-electron chi connectivity index (χ2n) is 4.56. The largest absolute Gasteiger partial charge is 0.480 e. The molecule has 0 saturated carbocycles. The quantitative estimate of drug-likeness (QED) is 0.724. The Kier molecular flexibility index (Phi) is 4.33. The average molecular weight is 211 g/mol. The number of carbonyl (C=O) groups is 1. The lowest BCUT2D eigenvalue weighted by Crippen LogP contribution is -2.47. The SMILES string of the molecule is C=C(CC)CN1CCC(C)CC1C(=O)O. The van der Waals surface area contributed by atoms with E-state index >= 15 is 0 Å². The number of piperidine rings is 1. The first-order valence-electron chi connectivity index (χ1n) is 5.68. The molecule has 86 valence electrons. The molecule has 15 heavy (non-hydrogen) atoms. The molecule has 3 heteroatoms. The van der Waals surface area contributed by atoms with Gasteiger partial charge in [0, 0.05) is 6.54 Å². The van der Waals surface area contributed by atoms with Crippen molar-refractivity contribution in [2.24, 2.45) is 5.92 Å². The van der Waals surface area contributed by atoms with Crippen LogP contribution in [0.1, 0.15) is 33.1 Å².